The van der Waals surface area contributed by atoms with Gasteiger partial charge in [-0.05, 0) is 32.2 Å². The van der Waals surface area contributed by atoms with Gasteiger partial charge in [0.1, 0.15) is 0 Å². The molecule has 0 bridgehead atoms. The Morgan fingerprint density at radius 3 is 1.06 bits per heavy atom. The summed E-state index contributed by atoms with van der Waals surface area (Å²) in [5, 5.41) is 3.97. The van der Waals surface area contributed by atoms with Crippen molar-refractivity contribution in [2.75, 3.05) is 6.54 Å². The first-order valence-electron chi connectivity index (χ1n) is 15.0. The molecule has 0 heterocycles. The van der Waals surface area contributed by atoms with E-state index < -0.39 is 0 Å². The molecule has 0 amide bonds. The first-order chi connectivity index (χ1) is 15.2. The molecule has 0 fully saturated rings. The second-order valence-corrected chi connectivity index (χ2v) is 10.4. The fourth-order valence-corrected chi connectivity index (χ4v) is 5.04. The highest BCUT2D eigenvalue weighted by Gasteiger charge is 2.24. The van der Waals surface area contributed by atoms with Gasteiger partial charge in [0.15, 0.2) is 0 Å². The summed E-state index contributed by atoms with van der Waals surface area (Å²) in [4.78, 5) is 0. The third-order valence-corrected chi connectivity index (χ3v) is 7.64. The normalized spacial score (nSPS) is 12.0. The molecule has 0 saturated heterocycles. The van der Waals surface area contributed by atoms with Crippen LogP contribution >= 0.6 is 0 Å². The molecule has 0 aliphatic heterocycles. The first kappa shape index (κ1) is 31.0. The summed E-state index contributed by atoms with van der Waals surface area (Å²) in [6.45, 7) is 10.6. The SMILES string of the molecule is CCCCCCCCCCCCCCCCCCNC(CC)(CC)CCCCCCC. The number of hydrogen-bond acceptors (Lipinski definition) is 1. The minimum Gasteiger partial charge on any atom is -0.311 e. The highest BCUT2D eigenvalue weighted by molar-refractivity contribution is 4.85. The predicted octanol–water partition coefficient (Wildman–Crippen LogP) is 10.8. The summed E-state index contributed by atoms with van der Waals surface area (Å²) >= 11 is 0. The van der Waals surface area contributed by atoms with Crippen LogP contribution in [0.3, 0.4) is 0 Å². The molecule has 0 radical (unpaired) electrons. The van der Waals surface area contributed by atoms with Crippen molar-refractivity contribution in [2.45, 2.75) is 187 Å². The van der Waals surface area contributed by atoms with Crippen LogP contribution in [0.5, 0.6) is 0 Å². The molecule has 1 nitrogen and oxygen atoms in total. The van der Waals surface area contributed by atoms with E-state index >= 15 is 0 Å². The molecule has 0 atom stereocenters. The van der Waals surface area contributed by atoms with E-state index in [1.165, 1.54) is 161 Å². The van der Waals surface area contributed by atoms with Crippen LogP contribution in [0.1, 0.15) is 182 Å². The highest BCUT2D eigenvalue weighted by Crippen LogP contribution is 2.23. The Kier molecular flexibility index (Phi) is 24.6. The van der Waals surface area contributed by atoms with E-state index in [1.807, 2.05) is 0 Å². The van der Waals surface area contributed by atoms with E-state index in [4.69, 9.17) is 0 Å². The Bertz CT molecular complexity index is 320. The van der Waals surface area contributed by atoms with E-state index in [1.54, 1.807) is 0 Å². The lowest BCUT2D eigenvalue weighted by molar-refractivity contribution is 0.268. The average Bonchev–Trinajstić information content (AvgIpc) is 2.79. The molecule has 0 saturated carbocycles. The molecule has 0 spiro atoms. The number of nitrogens with one attached hydrogen (secondary N) is 1. The van der Waals surface area contributed by atoms with Crippen LogP contribution in [-0.2, 0) is 0 Å². The van der Waals surface area contributed by atoms with Crippen LogP contribution < -0.4 is 5.32 Å². The predicted molar refractivity (Wildman–Crippen MR) is 144 cm³/mol. The maximum absolute atomic E-state index is 3.97. The molecule has 0 unspecified atom stereocenters. The standard InChI is InChI=1S/C30H63N/c1-5-9-11-13-14-15-16-17-18-19-20-21-22-23-25-27-29-31-30(7-3,8-4)28-26-24-12-10-6-2/h31H,5-29H2,1-4H3. The molecule has 0 aliphatic rings. The van der Waals surface area contributed by atoms with Crippen molar-refractivity contribution in [1.29, 1.82) is 0 Å². The molecular weight excluding hydrogens is 374 g/mol. The van der Waals surface area contributed by atoms with Crippen LogP contribution in [0, 0.1) is 0 Å². The van der Waals surface area contributed by atoms with Gasteiger partial charge in [-0.1, -0.05) is 156 Å². The van der Waals surface area contributed by atoms with Crippen molar-refractivity contribution in [3.8, 4) is 0 Å². The first-order valence-corrected chi connectivity index (χ1v) is 15.0. The van der Waals surface area contributed by atoms with Gasteiger partial charge in [0, 0.05) is 5.54 Å². The molecule has 0 aromatic heterocycles. The quantitative estimate of drug-likeness (QED) is 0.133. The van der Waals surface area contributed by atoms with Gasteiger partial charge >= 0.3 is 0 Å². The van der Waals surface area contributed by atoms with Crippen molar-refractivity contribution in [1.82, 2.24) is 5.32 Å². The maximum Gasteiger partial charge on any atom is 0.0176 e. The van der Waals surface area contributed by atoms with Gasteiger partial charge in [-0.25, -0.2) is 0 Å². The van der Waals surface area contributed by atoms with Gasteiger partial charge in [-0.15, -0.1) is 0 Å². The molecule has 31 heavy (non-hydrogen) atoms. The van der Waals surface area contributed by atoms with Crippen LogP contribution in [0.25, 0.3) is 0 Å². The zero-order chi connectivity index (χ0) is 22.9. The van der Waals surface area contributed by atoms with Crippen LogP contribution in [0.2, 0.25) is 0 Å². The third kappa shape index (κ3) is 20.3. The van der Waals surface area contributed by atoms with Crippen molar-refractivity contribution < 1.29 is 0 Å². The summed E-state index contributed by atoms with van der Waals surface area (Å²) in [7, 11) is 0. The third-order valence-electron chi connectivity index (χ3n) is 7.64. The summed E-state index contributed by atoms with van der Waals surface area (Å²) in [5.74, 6) is 0. The molecule has 188 valence electrons. The Hall–Kier alpha value is -0.0400. The van der Waals surface area contributed by atoms with E-state index in [0.717, 1.165) is 0 Å². The Labute approximate surface area is 199 Å². The molecule has 1 heteroatoms. The largest absolute Gasteiger partial charge is 0.311 e. The summed E-state index contributed by atoms with van der Waals surface area (Å²) < 4.78 is 0. The molecule has 1 N–H and O–H groups in total. The van der Waals surface area contributed by atoms with Crippen molar-refractivity contribution >= 4 is 0 Å². The lowest BCUT2D eigenvalue weighted by Crippen LogP contribution is -2.44. The smallest absolute Gasteiger partial charge is 0.0176 e. The fraction of sp³-hybridized carbons (Fsp3) is 1.00. The number of hydrogen-bond donors (Lipinski definition) is 1. The van der Waals surface area contributed by atoms with Crippen LogP contribution in [0.4, 0.5) is 0 Å². The molecule has 0 aromatic carbocycles. The Morgan fingerprint density at radius 2 is 0.710 bits per heavy atom. The topological polar surface area (TPSA) is 12.0 Å². The maximum atomic E-state index is 3.97. The minimum atomic E-state index is 0.418. The highest BCUT2D eigenvalue weighted by atomic mass is 15.0. The van der Waals surface area contributed by atoms with E-state index in [0.29, 0.717) is 5.54 Å². The zero-order valence-corrected chi connectivity index (χ0v) is 22.7. The summed E-state index contributed by atoms with van der Waals surface area (Å²) in [6, 6.07) is 0. The Balaban J connectivity index is 3.44. The van der Waals surface area contributed by atoms with Gasteiger partial charge < -0.3 is 5.32 Å². The number of unbranched alkanes of at least 4 members (excludes halogenated alkanes) is 19. The van der Waals surface area contributed by atoms with Gasteiger partial charge in [0.25, 0.3) is 0 Å². The number of rotatable bonds is 26. The van der Waals surface area contributed by atoms with Gasteiger partial charge in [0.05, 0.1) is 0 Å². The van der Waals surface area contributed by atoms with Crippen molar-refractivity contribution in [3.63, 3.8) is 0 Å². The van der Waals surface area contributed by atoms with Crippen molar-refractivity contribution in [3.05, 3.63) is 0 Å². The van der Waals surface area contributed by atoms with E-state index in [2.05, 4.69) is 33.0 Å². The van der Waals surface area contributed by atoms with Gasteiger partial charge in [0.2, 0.25) is 0 Å². The van der Waals surface area contributed by atoms with E-state index in [9.17, 15) is 0 Å². The monoisotopic (exact) mass is 437 g/mol. The lowest BCUT2D eigenvalue weighted by atomic mass is 9.86. The molecular formula is C30H63N. The minimum absolute atomic E-state index is 0.418. The van der Waals surface area contributed by atoms with Gasteiger partial charge in [-0.3, -0.25) is 0 Å². The van der Waals surface area contributed by atoms with Gasteiger partial charge in [-0.2, -0.15) is 0 Å². The second-order valence-electron chi connectivity index (χ2n) is 10.4. The van der Waals surface area contributed by atoms with Crippen LogP contribution in [-0.4, -0.2) is 12.1 Å². The molecule has 0 rings (SSSR count). The summed E-state index contributed by atoms with van der Waals surface area (Å²) in [5.41, 5.74) is 0.418. The lowest BCUT2D eigenvalue weighted by Gasteiger charge is -2.33. The van der Waals surface area contributed by atoms with Crippen LogP contribution in [0.15, 0.2) is 0 Å². The Morgan fingerprint density at radius 1 is 0.387 bits per heavy atom. The van der Waals surface area contributed by atoms with E-state index in [-0.39, 0.29) is 0 Å². The second kappa shape index (κ2) is 24.6. The fourth-order valence-electron chi connectivity index (χ4n) is 5.04. The zero-order valence-electron chi connectivity index (χ0n) is 22.7. The molecule has 0 aromatic rings. The summed E-state index contributed by atoms with van der Waals surface area (Å²) in [6.07, 6.45) is 34.2. The van der Waals surface area contributed by atoms with Crippen molar-refractivity contribution in [2.24, 2.45) is 0 Å². The molecule has 0 aliphatic carbocycles. The average molecular weight is 438 g/mol.